The molecule has 2 N–H and O–H groups in total. The third kappa shape index (κ3) is 3.96. The van der Waals surface area contributed by atoms with Crippen LogP contribution in [0.25, 0.3) is 0 Å². The smallest absolute Gasteiger partial charge is 0.174 e. The summed E-state index contributed by atoms with van der Waals surface area (Å²) in [7, 11) is 0. The number of rotatable bonds is 5. The Labute approximate surface area is 198 Å². The van der Waals surface area contributed by atoms with Crippen LogP contribution in [0.2, 0.25) is 0 Å². The van der Waals surface area contributed by atoms with E-state index in [4.69, 9.17) is 12.2 Å². The fraction of sp³-hybridized carbons (Fsp3) is 0.192. The molecular formula is C26H25N5OS. The van der Waals surface area contributed by atoms with Crippen molar-refractivity contribution in [1.82, 2.24) is 19.9 Å². The number of thiocarbonyl (C=S) groups is 1. The highest BCUT2D eigenvalue weighted by Gasteiger charge is 2.42. The molecule has 1 saturated heterocycles. The van der Waals surface area contributed by atoms with Gasteiger partial charge in [0.15, 0.2) is 5.11 Å². The molecule has 0 saturated carbocycles. The van der Waals surface area contributed by atoms with E-state index in [0.29, 0.717) is 5.11 Å². The maximum absolute atomic E-state index is 9.82. The van der Waals surface area contributed by atoms with Crippen LogP contribution >= 0.6 is 12.2 Å². The Balaban J connectivity index is 1.62. The average molecular weight is 456 g/mol. The summed E-state index contributed by atoms with van der Waals surface area (Å²) in [5.41, 5.74) is 6.55. The van der Waals surface area contributed by atoms with E-state index in [1.165, 1.54) is 17.0 Å². The van der Waals surface area contributed by atoms with Crippen LogP contribution in [0.4, 0.5) is 5.69 Å². The van der Waals surface area contributed by atoms with Crippen LogP contribution in [0.1, 0.15) is 40.3 Å². The van der Waals surface area contributed by atoms with Crippen molar-refractivity contribution in [1.29, 1.82) is 0 Å². The topological polar surface area (TPSA) is 66.2 Å². The fourth-order valence-corrected chi connectivity index (χ4v) is 4.95. The molecule has 0 amide bonds. The van der Waals surface area contributed by atoms with E-state index < -0.39 is 0 Å². The van der Waals surface area contributed by atoms with Crippen molar-refractivity contribution in [3.05, 3.63) is 107 Å². The van der Waals surface area contributed by atoms with Crippen LogP contribution in [0.15, 0.2) is 79.3 Å². The minimum atomic E-state index is -0.111. The van der Waals surface area contributed by atoms with Crippen LogP contribution in [-0.2, 0) is 6.54 Å². The zero-order valence-corrected chi connectivity index (χ0v) is 19.3. The number of phenols is 1. The third-order valence-corrected chi connectivity index (χ3v) is 6.54. The summed E-state index contributed by atoms with van der Waals surface area (Å²) in [6.45, 7) is 5.04. The molecule has 0 radical (unpaired) electrons. The number of nitrogens with one attached hydrogen (secondary N) is 1. The molecule has 166 valence electrons. The van der Waals surface area contributed by atoms with Crippen molar-refractivity contribution in [2.75, 3.05) is 4.90 Å². The summed E-state index contributed by atoms with van der Waals surface area (Å²) in [6.07, 6.45) is 5.51. The van der Waals surface area contributed by atoms with Crippen molar-refractivity contribution in [3.8, 4) is 5.75 Å². The monoisotopic (exact) mass is 455 g/mol. The van der Waals surface area contributed by atoms with E-state index in [1.54, 1.807) is 18.3 Å². The van der Waals surface area contributed by atoms with E-state index in [1.807, 2.05) is 48.8 Å². The summed E-state index contributed by atoms with van der Waals surface area (Å²) in [4.78, 5) is 11.0. The van der Waals surface area contributed by atoms with Gasteiger partial charge in [-0.25, -0.2) is 0 Å². The summed E-state index contributed by atoms with van der Waals surface area (Å²) in [6, 6.07) is 19.2. The molecule has 0 aliphatic carbocycles. The van der Waals surface area contributed by atoms with Gasteiger partial charge >= 0.3 is 0 Å². The zero-order chi connectivity index (χ0) is 22.9. The molecule has 33 heavy (non-hydrogen) atoms. The van der Waals surface area contributed by atoms with Crippen LogP contribution in [0, 0.1) is 13.8 Å². The zero-order valence-electron chi connectivity index (χ0n) is 18.5. The first-order chi connectivity index (χ1) is 16.0. The molecule has 3 aromatic heterocycles. The van der Waals surface area contributed by atoms with E-state index in [9.17, 15) is 5.11 Å². The molecular weight excluding hydrogens is 430 g/mol. The van der Waals surface area contributed by atoms with Crippen molar-refractivity contribution in [2.24, 2.45) is 0 Å². The van der Waals surface area contributed by atoms with Gasteiger partial charge in [-0.3, -0.25) is 9.97 Å². The summed E-state index contributed by atoms with van der Waals surface area (Å²) < 4.78 is 2.32. The molecule has 0 spiro atoms. The first kappa shape index (κ1) is 21.2. The first-order valence-electron chi connectivity index (χ1n) is 10.9. The normalized spacial score (nSPS) is 17.9. The summed E-state index contributed by atoms with van der Waals surface area (Å²) in [5.74, 6) is 0.226. The highest BCUT2D eigenvalue weighted by atomic mass is 32.1. The van der Waals surface area contributed by atoms with Gasteiger partial charge < -0.3 is 19.9 Å². The quantitative estimate of drug-likeness (QED) is 0.421. The van der Waals surface area contributed by atoms with E-state index in [2.05, 4.69) is 50.7 Å². The number of pyridine rings is 2. The highest BCUT2D eigenvalue weighted by molar-refractivity contribution is 7.80. The van der Waals surface area contributed by atoms with Crippen LogP contribution in [0.3, 0.4) is 0 Å². The van der Waals surface area contributed by atoms with E-state index in [-0.39, 0.29) is 17.8 Å². The minimum Gasteiger partial charge on any atom is -0.508 e. The number of aryl methyl sites for hydroxylation is 1. The molecule has 6 nitrogen and oxygen atoms in total. The van der Waals surface area contributed by atoms with Gasteiger partial charge in [-0.2, -0.15) is 0 Å². The number of nitrogens with zero attached hydrogens (tertiary/aromatic N) is 4. The maximum atomic E-state index is 9.82. The van der Waals surface area contributed by atoms with Crippen molar-refractivity contribution in [3.63, 3.8) is 0 Å². The second-order valence-corrected chi connectivity index (χ2v) is 8.67. The molecule has 4 aromatic rings. The SMILES string of the molecule is Cc1cc([C@@H]2[C@@H](c3ccccn3)NC(=S)N2c2ccc(O)cc2)c(C)n1Cc1cccnc1. The Bertz CT molecular complexity index is 1270. The maximum Gasteiger partial charge on any atom is 0.174 e. The molecule has 0 unspecified atom stereocenters. The van der Waals surface area contributed by atoms with Gasteiger partial charge in [0.05, 0.1) is 17.8 Å². The minimum absolute atomic E-state index is 0.0919. The Morgan fingerprint density at radius 2 is 1.85 bits per heavy atom. The fourth-order valence-electron chi connectivity index (χ4n) is 4.61. The van der Waals surface area contributed by atoms with Crippen LogP contribution in [0.5, 0.6) is 5.75 Å². The number of hydrogen-bond acceptors (Lipinski definition) is 4. The van der Waals surface area contributed by atoms with Gasteiger partial charge in [0.2, 0.25) is 0 Å². The van der Waals surface area contributed by atoms with Gasteiger partial charge in [-0.05, 0) is 85.7 Å². The predicted octanol–water partition coefficient (Wildman–Crippen LogP) is 4.83. The van der Waals surface area contributed by atoms with Crippen LogP contribution in [-0.4, -0.2) is 24.8 Å². The van der Waals surface area contributed by atoms with E-state index >= 15 is 0 Å². The van der Waals surface area contributed by atoms with Crippen molar-refractivity contribution < 1.29 is 5.11 Å². The van der Waals surface area contributed by atoms with Gasteiger partial charge in [-0.15, -0.1) is 0 Å². The predicted molar refractivity (Wildman–Crippen MR) is 133 cm³/mol. The van der Waals surface area contributed by atoms with Gasteiger partial charge in [0.1, 0.15) is 5.75 Å². The molecule has 1 aromatic carbocycles. The molecule has 1 aliphatic rings. The number of benzene rings is 1. The number of aromatic nitrogens is 3. The number of hydrogen-bond donors (Lipinski definition) is 2. The second-order valence-electron chi connectivity index (χ2n) is 8.29. The second kappa shape index (κ2) is 8.67. The first-order valence-corrected chi connectivity index (χ1v) is 11.3. The largest absolute Gasteiger partial charge is 0.508 e. The third-order valence-electron chi connectivity index (χ3n) is 6.22. The summed E-state index contributed by atoms with van der Waals surface area (Å²) in [5, 5.41) is 14.0. The lowest BCUT2D eigenvalue weighted by atomic mass is 9.96. The number of aromatic hydroxyl groups is 1. The molecule has 1 aliphatic heterocycles. The molecule has 7 heteroatoms. The van der Waals surface area contributed by atoms with Crippen molar-refractivity contribution >= 4 is 23.0 Å². The lowest BCUT2D eigenvalue weighted by Gasteiger charge is -2.28. The Kier molecular flexibility index (Phi) is 5.56. The van der Waals surface area contributed by atoms with E-state index in [0.717, 1.165) is 23.5 Å². The number of phenolic OH excluding ortho intramolecular Hbond substituents is 1. The van der Waals surface area contributed by atoms with Crippen molar-refractivity contribution in [2.45, 2.75) is 32.5 Å². The molecule has 0 bridgehead atoms. The van der Waals surface area contributed by atoms with Gasteiger partial charge in [0.25, 0.3) is 0 Å². The lowest BCUT2D eigenvalue weighted by Crippen LogP contribution is -2.29. The average Bonchev–Trinajstić information content (AvgIpc) is 3.32. The Morgan fingerprint density at radius 1 is 1.03 bits per heavy atom. The standard InChI is InChI=1S/C26H25N5OS/c1-17-14-22(18(2)30(17)16-19-6-5-12-27-15-19)25-24(23-7-3-4-13-28-23)29-26(33)31(25)20-8-10-21(32)11-9-20/h3-15,24-25,32H,16H2,1-2H3,(H,29,33)/t24-,25-/m1/s1. The highest BCUT2D eigenvalue weighted by Crippen LogP contribution is 2.43. The molecule has 4 heterocycles. The molecule has 1 fully saturated rings. The molecule has 5 rings (SSSR count). The summed E-state index contributed by atoms with van der Waals surface area (Å²) >= 11 is 5.81. The Hall–Kier alpha value is -3.71. The van der Waals surface area contributed by atoms with Crippen LogP contribution < -0.4 is 10.2 Å². The Morgan fingerprint density at radius 3 is 2.55 bits per heavy atom. The molecule has 2 atom stereocenters. The number of anilines is 1. The van der Waals surface area contributed by atoms with Gasteiger partial charge in [0, 0.05) is 42.2 Å². The lowest BCUT2D eigenvalue weighted by molar-refractivity contribution is 0.475. The van der Waals surface area contributed by atoms with Gasteiger partial charge in [-0.1, -0.05) is 12.1 Å².